The number of hydrogen-bond donors (Lipinski definition) is 1. The minimum atomic E-state index is -0.138. The van der Waals surface area contributed by atoms with E-state index in [9.17, 15) is 5.11 Å². The van der Waals surface area contributed by atoms with Crippen LogP contribution in [0.4, 0.5) is 0 Å². The molecule has 0 saturated carbocycles. The average molecular weight is 202 g/mol. The van der Waals surface area contributed by atoms with Crippen molar-refractivity contribution in [2.24, 2.45) is 5.41 Å². The molecule has 0 aromatic rings. The van der Waals surface area contributed by atoms with Gasteiger partial charge in [-0.15, -0.1) is 0 Å². The monoisotopic (exact) mass is 202 g/mol. The largest absolute Gasteiger partial charge is 0.393 e. The number of hydrogen-bond acceptors (Lipinski definition) is 2. The third-order valence-corrected chi connectivity index (χ3v) is 2.29. The molecule has 0 aliphatic heterocycles. The van der Waals surface area contributed by atoms with Gasteiger partial charge in [0, 0.05) is 13.2 Å². The Labute approximate surface area is 88.7 Å². The van der Waals surface area contributed by atoms with Gasteiger partial charge in [0.1, 0.15) is 0 Å². The molecule has 0 saturated heterocycles. The molecule has 0 radical (unpaired) electrons. The Morgan fingerprint density at radius 3 is 2.36 bits per heavy atom. The first kappa shape index (κ1) is 13.9. The summed E-state index contributed by atoms with van der Waals surface area (Å²) in [5.41, 5.74) is 0.364. The summed E-state index contributed by atoms with van der Waals surface area (Å²) in [6.07, 6.45) is 3.65. The molecule has 14 heavy (non-hydrogen) atoms. The zero-order chi connectivity index (χ0) is 11.0. The summed E-state index contributed by atoms with van der Waals surface area (Å²) >= 11 is 0. The molecule has 0 aliphatic carbocycles. The number of aliphatic hydroxyl groups excluding tert-OH is 1. The van der Waals surface area contributed by atoms with E-state index in [1.807, 2.05) is 6.92 Å². The molecule has 1 N–H and O–H groups in total. The highest BCUT2D eigenvalue weighted by molar-refractivity contribution is 4.60. The van der Waals surface area contributed by atoms with Crippen LogP contribution in [-0.4, -0.2) is 24.4 Å². The fourth-order valence-electron chi connectivity index (χ4n) is 1.11. The van der Waals surface area contributed by atoms with Gasteiger partial charge >= 0.3 is 0 Å². The van der Waals surface area contributed by atoms with Gasteiger partial charge in [-0.2, -0.15) is 0 Å². The Bertz CT molecular complexity index is 127. The van der Waals surface area contributed by atoms with Gasteiger partial charge in [-0.25, -0.2) is 0 Å². The lowest BCUT2D eigenvalue weighted by molar-refractivity contribution is 0.0892. The van der Waals surface area contributed by atoms with E-state index in [1.54, 1.807) is 0 Å². The molecular weight excluding hydrogens is 176 g/mol. The quantitative estimate of drug-likeness (QED) is 0.643. The zero-order valence-corrected chi connectivity index (χ0v) is 10.2. The molecule has 0 bridgehead atoms. The minimum absolute atomic E-state index is 0.138. The molecule has 1 unspecified atom stereocenters. The van der Waals surface area contributed by atoms with Gasteiger partial charge in [0.15, 0.2) is 0 Å². The van der Waals surface area contributed by atoms with E-state index < -0.39 is 0 Å². The van der Waals surface area contributed by atoms with Crippen LogP contribution in [0.2, 0.25) is 0 Å². The lowest BCUT2D eigenvalue weighted by atomic mass is 9.93. The van der Waals surface area contributed by atoms with Crippen LogP contribution < -0.4 is 0 Å². The molecule has 0 aliphatic rings. The first-order valence-corrected chi connectivity index (χ1v) is 5.71. The number of ether oxygens (including phenoxy) is 1. The van der Waals surface area contributed by atoms with Gasteiger partial charge in [0.25, 0.3) is 0 Å². The molecule has 0 spiro atoms. The SMILES string of the molecule is CCC(O)CCCOCCC(C)(C)C. The summed E-state index contributed by atoms with van der Waals surface area (Å²) < 4.78 is 5.49. The average Bonchev–Trinajstić information content (AvgIpc) is 2.08. The van der Waals surface area contributed by atoms with Gasteiger partial charge in [-0.05, 0) is 31.1 Å². The Morgan fingerprint density at radius 2 is 1.86 bits per heavy atom. The number of rotatable bonds is 7. The van der Waals surface area contributed by atoms with Gasteiger partial charge in [0.05, 0.1) is 6.10 Å². The van der Waals surface area contributed by atoms with Gasteiger partial charge in [-0.1, -0.05) is 27.7 Å². The van der Waals surface area contributed by atoms with Crippen LogP contribution in [0.25, 0.3) is 0 Å². The smallest absolute Gasteiger partial charge is 0.0538 e. The molecule has 2 nitrogen and oxygen atoms in total. The second-order valence-corrected chi connectivity index (χ2v) is 5.13. The van der Waals surface area contributed by atoms with Crippen LogP contribution >= 0.6 is 0 Å². The highest BCUT2D eigenvalue weighted by Gasteiger charge is 2.09. The van der Waals surface area contributed by atoms with Crippen molar-refractivity contribution in [2.75, 3.05) is 13.2 Å². The lowest BCUT2D eigenvalue weighted by Crippen LogP contribution is -2.11. The standard InChI is InChI=1S/C12H26O2/c1-5-11(13)7-6-9-14-10-8-12(2,3)4/h11,13H,5-10H2,1-4H3. The van der Waals surface area contributed by atoms with Crippen LogP contribution in [0.3, 0.4) is 0 Å². The third-order valence-electron chi connectivity index (χ3n) is 2.29. The maximum absolute atomic E-state index is 9.29. The molecule has 0 aromatic carbocycles. The second-order valence-electron chi connectivity index (χ2n) is 5.13. The van der Waals surface area contributed by atoms with Gasteiger partial charge in [-0.3, -0.25) is 0 Å². The Balaban J connectivity index is 3.14. The Kier molecular flexibility index (Phi) is 7.20. The summed E-state index contributed by atoms with van der Waals surface area (Å²) in [6.45, 7) is 10.3. The predicted molar refractivity (Wildman–Crippen MR) is 60.4 cm³/mol. The van der Waals surface area contributed by atoms with Crippen molar-refractivity contribution in [3.05, 3.63) is 0 Å². The fraction of sp³-hybridized carbons (Fsp3) is 1.00. The maximum Gasteiger partial charge on any atom is 0.0538 e. The fourth-order valence-corrected chi connectivity index (χ4v) is 1.11. The molecule has 0 rings (SSSR count). The predicted octanol–water partition coefficient (Wildman–Crippen LogP) is 2.99. The zero-order valence-electron chi connectivity index (χ0n) is 10.2. The van der Waals surface area contributed by atoms with E-state index in [1.165, 1.54) is 0 Å². The van der Waals surface area contributed by atoms with E-state index in [4.69, 9.17) is 4.74 Å². The highest BCUT2D eigenvalue weighted by atomic mass is 16.5. The highest BCUT2D eigenvalue weighted by Crippen LogP contribution is 2.17. The van der Waals surface area contributed by atoms with Crippen LogP contribution in [0, 0.1) is 5.41 Å². The van der Waals surface area contributed by atoms with Crippen LogP contribution in [0.1, 0.15) is 53.4 Å². The summed E-state index contributed by atoms with van der Waals surface area (Å²) in [7, 11) is 0. The van der Waals surface area contributed by atoms with E-state index in [0.717, 1.165) is 38.9 Å². The van der Waals surface area contributed by atoms with Gasteiger partial charge < -0.3 is 9.84 Å². The first-order chi connectivity index (χ1) is 6.45. The molecule has 0 fully saturated rings. The minimum Gasteiger partial charge on any atom is -0.393 e. The van der Waals surface area contributed by atoms with E-state index in [-0.39, 0.29) is 6.10 Å². The number of aliphatic hydroxyl groups is 1. The van der Waals surface area contributed by atoms with Crippen molar-refractivity contribution >= 4 is 0 Å². The summed E-state index contributed by atoms with van der Waals surface area (Å²) in [5, 5.41) is 9.29. The first-order valence-electron chi connectivity index (χ1n) is 5.71. The van der Waals surface area contributed by atoms with Crippen LogP contribution in [-0.2, 0) is 4.74 Å². The van der Waals surface area contributed by atoms with Gasteiger partial charge in [0.2, 0.25) is 0 Å². The summed E-state index contributed by atoms with van der Waals surface area (Å²) in [5.74, 6) is 0. The van der Waals surface area contributed by atoms with E-state index in [2.05, 4.69) is 20.8 Å². The molecule has 86 valence electrons. The van der Waals surface area contributed by atoms with Crippen molar-refractivity contribution in [1.29, 1.82) is 0 Å². The van der Waals surface area contributed by atoms with Crippen molar-refractivity contribution < 1.29 is 9.84 Å². The molecule has 0 amide bonds. The van der Waals surface area contributed by atoms with E-state index in [0.29, 0.717) is 5.41 Å². The topological polar surface area (TPSA) is 29.5 Å². The van der Waals surface area contributed by atoms with Crippen molar-refractivity contribution in [1.82, 2.24) is 0 Å². The Morgan fingerprint density at radius 1 is 1.21 bits per heavy atom. The maximum atomic E-state index is 9.29. The summed E-state index contributed by atoms with van der Waals surface area (Å²) in [6, 6.07) is 0. The van der Waals surface area contributed by atoms with Crippen molar-refractivity contribution in [3.63, 3.8) is 0 Å². The molecular formula is C12H26O2. The molecule has 0 aromatic heterocycles. The lowest BCUT2D eigenvalue weighted by Gasteiger charge is -2.17. The third kappa shape index (κ3) is 10.0. The van der Waals surface area contributed by atoms with Crippen LogP contribution in [0.5, 0.6) is 0 Å². The molecule has 2 heteroatoms. The van der Waals surface area contributed by atoms with Crippen molar-refractivity contribution in [3.8, 4) is 0 Å². The molecule has 1 atom stereocenters. The molecule has 0 heterocycles. The van der Waals surface area contributed by atoms with Crippen molar-refractivity contribution in [2.45, 2.75) is 59.5 Å². The second kappa shape index (κ2) is 7.24. The van der Waals surface area contributed by atoms with Crippen LogP contribution in [0.15, 0.2) is 0 Å². The Hall–Kier alpha value is -0.0800. The normalized spacial score (nSPS) is 14.4. The summed E-state index contributed by atoms with van der Waals surface area (Å²) in [4.78, 5) is 0. The van der Waals surface area contributed by atoms with E-state index >= 15 is 0 Å².